The van der Waals surface area contributed by atoms with Crippen LogP contribution in [0.2, 0.25) is 0 Å². The summed E-state index contributed by atoms with van der Waals surface area (Å²) in [5, 5.41) is 9.68. The van der Waals surface area contributed by atoms with Gasteiger partial charge in [0, 0.05) is 41.2 Å². The highest BCUT2D eigenvalue weighted by Crippen LogP contribution is 2.32. The van der Waals surface area contributed by atoms with E-state index in [1.807, 2.05) is 66.9 Å². The predicted octanol–water partition coefficient (Wildman–Crippen LogP) is 4.79. The standard InChI is InChI=1S/C24H21N5O/c25-15-20-19-11-12-26-21(19)9-10-22(20)30-18-8-4-7-17(14-18)24-27-23(28-29-24)13-16-5-2-1-3-6-16/h1-12,14,26H,13,15,25H2,(H,27,28,29). The summed E-state index contributed by atoms with van der Waals surface area (Å²) < 4.78 is 6.19. The van der Waals surface area contributed by atoms with Crippen LogP contribution in [0.15, 0.2) is 79.0 Å². The van der Waals surface area contributed by atoms with Crippen molar-refractivity contribution < 1.29 is 4.74 Å². The lowest BCUT2D eigenvalue weighted by Crippen LogP contribution is -2.00. The van der Waals surface area contributed by atoms with Crippen LogP contribution in [-0.2, 0) is 13.0 Å². The Labute approximate surface area is 173 Å². The average Bonchev–Trinajstić information content (AvgIpc) is 3.44. The third kappa shape index (κ3) is 3.56. The third-order valence-electron chi connectivity index (χ3n) is 5.09. The molecule has 0 atom stereocenters. The van der Waals surface area contributed by atoms with Gasteiger partial charge in [0.15, 0.2) is 5.82 Å². The van der Waals surface area contributed by atoms with Crippen molar-refractivity contribution in [1.82, 2.24) is 20.2 Å². The SMILES string of the molecule is NCc1c(Oc2cccc(-c3nnc(Cc4ccccc4)[nH]3)c2)ccc2[nH]ccc12. The van der Waals surface area contributed by atoms with Crippen LogP contribution in [0.3, 0.4) is 0 Å². The summed E-state index contributed by atoms with van der Waals surface area (Å²) in [7, 11) is 0. The molecule has 4 N–H and O–H groups in total. The van der Waals surface area contributed by atoms with E-state index in [1.165, 1.54) is 5.56 Å². The second-order valence-corrected chi connectivity index (χ2v) is 7.10. The van der Waals surface area contributed by atoms with Crippen molar-refractivity contribution in [2.45, 2.75) is 13.0 Å². The molecule has 0 amide bonds. The fourth-order valence-electron chi connectivity index (χ4n) is 3.61. The first-order valence-corrected chi connectivity index (χ1v) is 9.83. The summed E-state index contributed by atoms with van der Waals surface area (Å²) in [5.74, 6) is 3.01. The van der Waals surface area contributed by atoms with Crippen LogP contribution >= 0.6 is 0 Å². The van der Waals surface area contributed by atoms with Crippen molar-refractivity contribution in [2.24, 2.45) is 5.73 Å². The van der Waals surface area contributed by atoms with Gasteiger partial charge in [0.1, 0.15) is 17.3 Å². The van der Waals surface area contributed by atoms with Crippen LogP contribution in [0.1, 0.15) is 17.0 Å². The van der Waals surface area contributed by atoms with E-state index in [9.17, 15) is 0 Å². The lowest BCUT2D eigenvalue weighted by molar-refractivity contribution is 0.477. The summed E-state index contributed by atoms with van der Waals surface area (Å²) in [6, 6.07) is 24.0. The zero-order valence-corrected chi connectivity index (χ0v) is 16.3. The van der Waals surface area contributed by atoms with Crippen molar-refractivity contribution >= 4 is 10.9 Å². The molecule has 0 aliphatic rings. The van der Waals surface area contributed by atoms with Crippen LogP contribution < -0.4 is 10.5 Å². The Morgan fingerprint density at radius 2 is 1.80 bits per heavy atom. The number of fused-ring (bicyclic) bond motifs is 1. The van der Waals surface area contributed by atoms with Gasteiger partial charge in [-0.15, -0.1) is 10.2 Å². The number of nitrogens with one attached hydrogen (secondary N) is 2. The molecule has 0 aliphatic heterocycles. The maximum absolute atomic E-state index is 6.19. The Hall–Kier alpha value is -3.90. The minimum absolute atomic E-state index is 0.398. The Morgan fingerprint density at radius 1 is 0.900 bits per heavy atom. The van der Waals surface area contributed by atoms with Gasteiger partial charge in [0.25, 0.3) is 0 Å². The van der Waals surface area contributed by atoms with Gasteiger partial charge in [-0.05, 0) is 35.9 Å². The Bertz CT molecular complexity index is 1290. The van der Waals surface area contributed by atoms with Gasteiger partial charge in [-0.2, -0.15) is 0 Å². The molecule has 0 unspecified atom stereocenters. The molecule has 2 aromatic heterocycles. The highest BCUT2D eigenvalue weighted by Gasteiger charge is 2.11. The smallest absolute Gasteiger partial charge is 0.161 e. The number of rotatable bonds is 6. The van der Waals surface area contributed by atoms with Crippen LogP contribution in [0.4, 0.5) is 0 Å². The molecule has 6 nitrogen and oxygen atoms in total. The lowest BCUT2D eigenvalue weighted by atomic mass is 10.1. The number of aromatic nitrogens is 4. The molecule has 0 saturated carbocycles. The number of aromatic amines is 2. The molecule has 0 radical (unpaired) electrons. The number of ether oxygens (including phenoxy) is 1. The number of hydrogen-bond acceptors (Lipinski definition) is 4. The molecule has 6 heteroatoms. The molecule has 30 heavy (non-hydrogen) atoms. The second kappa shape index (κ2) is 7.85. The fraction of sp³-hybridized carbons (Fsp3) is 0.0833. The van der Waals surface area contributed by atoms with Crippen molar-refractivity contribution in [3.8, 4) is 22.9 Å². The van der Waals surface area contributed by atoms with Gasteiger partial charge >= 0.3 is 0 Å². The fourth-order valence-corrected chi connectivity index (χ4v) is 3.61. The summed E-state index contributed by atoms with van der Waals surface area (Å²) in [6.45, 7) is 0.398. The quantitative estimate of drug-likeness (QED) is 0.385. The zero-order valence-electron chi connectivity index (χ0n) is 16.3. The topological polar surface area (TPSA) is 92.6 Å². The van der Waals surface area contributed by atoms with Gasteiger partial charge in [-0.1, -0.05) is 42.5 Å². The van der Waals surface area contributed by atoms with E-state index in [2.05, 4.69) is 32.3 Å². The van der Waals surface area contributed by atoms with Crippen molar-refractivity contribution in [3.63, 3.8) is 0 Å². The summed E-state index contributed by atoms with van der Waals surface area (Å²) >= 11 is 0. The monoisotopic (exact) mass is 395 g/mol. The molecular formula is C24H21N5O. The van der Waals surface area contributed by atoms with Crippen LogP contribution in [0.25, 0.3) is 22.3 Å². The molecular weight excluding hydrogens is 374 g/mol. The van der Waals surface area contributed by atoms with Gasteiger partial charge in [-0.3, -0.25) is 0 Å². The molecule has 3 aromatic carbocycles. The van der Waals surface area contributed by atoms with Crippen LogP contribution in [0.5, 0.6) is 11.5 Å². The number of hydrogen-bond donors (Lipinski definition) is 3. The van der Waals surface area contributed by atoms with Crippen molar-refractivity contribution in [2.75, 3.05) is 0 Å². The average molecular weight is 395 g/mol. The minimum atomic E-state index is 0.398. The van der Waals surface area contributed by atoms with E-state index in [1.54, 1.807) is 0 Å². The minimum Gasteiger partial charge on any atom is -0.457 e. The second-order valence-electron chi connectivity index (χ2n) is 7.10. The van der Waals surface area contributed by atoms with Crippen molar-refractivity contribution in [1.29, 1.82) is 0 Å². The maximum atomic E-state index is 6.19. The molecule has 0 saturated heterocycles. The molecule has 0 spiro atoms. The van der Waals surface area contributed by atoms with Crippen LogP contribution in [-0.4, -0.2) is 20.2 Å². The van der Waals surface area contributed by atoms with E-state index in [-0.39, 0.29) is 0 Å². The number of nitrogens with two attached hydrogens (primary N) is 1. The van der Waals surface area contributed by atoms with E-state index < -0.39 is 0 Å². The van der Waals surface area contributed by atoms with E-state index >= 15 is 0 Å². The Balaban J connectivity index is 1.40. The van der Waals surface area contributed by atoms with Gasteiger partial charge in [-0.25, -0.2) is 0 Å². The normalized spacial score (nSPS) is 11.1. The third-order valence-corrected chi connectivity index (χ3v) is 5.09. The van der Waals surface area contributed by atoms with E-state index in [0.717, 1.165) is 39.4 Å². The van der Waals surface area contributed by atoms with E-state index in [4.69, 9.17) is 10.5 Å². The summed E-state index contributed by atoms with van der Waals surface area (Å²) in [6.07, 6.45) is 2.62. The van der Waals surface area contributed by atoms with Gasteiger partial charge < -0.3 is 20.4 Å². The van der Waals surface area contributed by atoms with Gasteiger partial charge in [0.2, 0.25) is 0 Å². The summed E-state index contributed by atoms with van der Waals surface area (Å²) in [4.78, 5) is 6.52. The predicted molar refractivity (Wildman–Crippen MR) is 117 cm³/mol. The first-order valence-electron chi connectivity index (χ1n) is 9.83. The molecule has 148 valence electrons. The Morgan fingerprint density at radius 3 is 2.67 bits per heavy atom. The molecule has 5 aromatic rings. The molecule has 5 rings (SSSR count). The number of nitrogens with zero attached hydrogens (tertiary/aromatic N) is 2. The lowest BCUT2D eigenvalue weighted by Gasteiger charge is -2.12. The molecule has 0 bridgehead atoms. The largest absolute Gasteiger partial charge is 0.457 e. The highest BCUT2D eigenvalue weighted by atomic mass is 16.5. The Kier molecular flexibility index (Phi) is 4.75. The van der Waals surface area contributed by atoms with Crippen molar-refractivity contribution in [3.05, 3.63) is 95.9 Å². The van der Waals surface area contributed by atoms with E-state index in [0.29, 0.717) is 18.8 Å². The molecule has 0 aliphatic carbocycles. The molecule has 2 heterocycles. The highest BCUT2D eigenvalue weighted by molar-refractivity contribution is 5.85. The molecule has 0 fully saturated rings. The van der Waals surface area contributed by atoms with Gasteiger partial charge in [0.05, 0.1) is 0 Å². The summed E-state index contributed by atoms with van der Waals surface area (Å²) in [5.41, 5.74) is 10.1. The zero-order chi connectivity index (χ0) is 20.3. The maximum Gasteiger partial charge on any atom is 0.161 e. The number of H-pyrrole nitrogens is 2. The first-order chi connectivity index (χ1) is 14.8. The van der Waals surface area contributed by atoms with Crippen LogP contribution in [0, 0.1) is 0 Å². The number of benzene rings is 3. The first kappa shape index (κ1) is 18.1.